The van der Waals surface area contributed by atoms with Gasteiger partial charge in [-0.25, -0.2) is 17.9 Å². The summed E-state index contributed by atoms with van der Waals surface area (Å²) in [6.45, 7) is 1.85. The zero-order chi connectivity index (χ0) is 25.5. The van der Waals surface area contributed by atoms with Crippen molar-refractivity contribution in [2.24, 2.45) is 0 Å². The smallest absolute Gasteiger partial charge is 0.267 e. The molecule has 2 aromatic carbocycles. The predicted octanol–water partition coefficient (Wildman–Crippen LogP) is 2.76. The number of amides is 1. The highest BCUT2D eigenvalue weighted by atomic mass is 32.2. The molecule has 0 spiro atoms. The van der Waals surface area contributed by atoms with Gasteiger partial charge in [0.1, 0.15) is 0 Å². The Morgan fingerprint density at radius 2 is 1.86 bits per heavy atom. The number of carbonyl (C=O) groups is 1. The van der Waals surface area contributed by atoms with E-state index in [1.807, 2.05) is 18.2 Å². The summed E-state index contributed by atoms with van der Waals surface area (Å²) in [5.74, 6) is -0.710. The van der Waals surface area contributed by atoms with E-state index in [1.54, 1.807) is 30.3 Å². The van der Waals surface area contributed by atoms with Crippen molar-refractivity contribution in [1.82, 2.24) is 19.3 Å². The molecule has 2 heterocycles. The monoisotopic (exact) mass is 508 g/mol. The van der Waals surface area contributed by atoms with Crippen LogP contribution in [0.3, 0.4) is 0 Å². The van der Waals surface area contributed by atoms with Crippen LogP contribution < -0.4 is 5.48 Å². The lowest BCUT2D eigenvalue weighted by Gasteiger charge is -2.21. The Hall–Kier alpha value is -3.70. The molecule has 0 bridgehead atoms. The van der Waals surface area contributed by atoms with Gasteiger partial charge in [0, 0.05) is 55.7 Å². The number of hydrogen-bond acceptors (Lipinski definition) is 6. The summed E-state index contributed by atoms with van der Waals surface area (Å²) in [5, 5.41) is 19.2. The molecule has 0 saturated carbocycles. The Balaban J connectivity index is 1.41. The van der Waals surface area contributed by atoms with Gasteiger partial charge in [0.25, 0.3) is 15.9 Å². The molecule has 0 atom stereocenters. The van der Waals surface area contributed by atoms with E-state index < -0.39 is 15.9 Å². The molecule has 2 aromatic heterocycles. The number of carbonyl (C=O) groups excluding carboxylic acids is 1. The highest BCUT2D eigenvalue weighted by molar-refractivity contribution is 7.90. The van der Waals surface area contributed by atoms with Crippen molar-refractivity contribution in [1.29, 1.82) is 0 Å². The topological polar surface area (TPSA) is 128 Å². The van der Waals surface area contributed by atoms with Crippen molar-refractivity contribution in [3.05, 3.63) is 96.0 Å². The van der Waals surface area contributed by atoms with Crippen LogP contribution in [0.1, 0.15) is 16.8 Å². The lowest BCUT2D eigenvalue weighted by atomic mass is 10.2. The Morgan fingerprint density at radius 1 is 1.08 bits per heavy atom. The molecular weight excluding hydrogens is 480 g/mol. The minimum absolute atomic E-state index is 0.0313. The summed E-state index contributed by atoms with van der Waals surface area (Å²) in [4.78, 5) is 16.8. The van der Waals surface area contributed by atoms with Gasteiger partial charge in [0.15, 0.2) is 0 Å². The number of H-pyrrole nitrogens is 1. The van der Waals surface area contributed by atoms with Gasteiger partial charge in [-0.2, -0.15) is 0 Å². The van der Waals surface area contributed by atoms with E-state index in [-0.39, 0.29) is 11.5 Å². The first-order valence-corrected chi connectivity index (χ1v) is 12.9. The lowest BCUT2D eigenvalue weighted by molar-refractivity contribution is -0.124. The summed E-state index contributed by atoms with van der Waals surface area (Å²) in [7, 11) is -3.80. The molecular formula is C26H28N4O5S. The fourth-order valence-electron chi connectivity index (χ4n) is 3.95. The van der Waals surface area contributed by atoms with Crippen LogP contribution in [0.2, 0.25) is 0 Å². The minimum Gasteiger partial charge on any atom is -0.395 e. The van der Waals surface area contributed by atoms with E-state index in [1.165, 1.54) is 29.3 Å². The first-order chi connectivity index (χ1) is 17.4. The molecule has 4 rings (SSSR count). The Bertz CT molecular complexity index is 1420. The average molecular weight is 509 g/mol. The van der Waals surface area contributed by atoms with Crippen LogP contribution in [-0.4, -0.2) is 58.2 Å². The molecule has 1 amide bonds. The van der Waals surface area contributed by atoms with Gasteiger partial charge in [0.2, 0.25) is 0 Å². The first kappa shape index (κ1) is 25.4. The number of benzene rings is 2. The van der Waals surface area contributed by atoms with E-state index in [0.29, 0.717) is 18.7 Å². The normalized spacial score (nSPS) is 12.1. The minimum atomic E-state index is -3.80. The average Bonchev–Trinajstić information content (AvgIpc) is 3.53. The molecule has 0 radical (unpaired) electrons. The van der Waals surface area contributed by atoms with Crippen LogP contribution in [0.15, 0.2) is 84.0 Å². The zero-order valence-corrected chi connectivity index (χ0v) is 20.4. The highest BCUT2D eigenvalue weighted by Crippen LogP contribution is 2.19. The van der Waals surface area contributed by atoms with Crippen LogP contribution >= 0.6 is 0 Å². The molecule has 4 aromatic rings. The standard InChI is InChI=1S/C26H28N4O5S/c31-16-15-29(13-12-23-17-22-3-1-2-4-25(22)27-23)18-20-5-8-24(9-6-20)36(34,35)30-14-11-21(19-30)7-10-26(32)28-33/h1-11,14,17,19,27,31,33H,12-13,15-16,18H2,(H,28,32). The Morgan fingerprint density at radius 3 is 2.58 bits per heavy atom. The number of nitrogens with one attached hydrogen (secondary N) is 2. The summed E-state index contributed by atoms with van der Waals surface area (Å²) >= 11 is 0. The number of hydrogen-bond donors (Lipinski definition) is 4. The molecule has 0 saturated heterocycles. The van der Waals surface area contributed by atoms with Crippen LogP contribution in [-0.2, 0) is 27.8 Å². The third-order valence-corrected chi connectivity index (χ3v) is 7.48. The first-order valence-electron chi connectivity index (χ1n) is 11.4. The van der Waals surface area contributed by atoms with E-state index >= 15 is 0 Å². The second-order valence-corrected chi connectivity index (χ2v) is 10.2. The highest BCUT2D eigenvalue weighted by Gasteiger charge is 2.17. The van der Waals surface area contributed by atoms with Gasteiger partial charge in [-0.3, -0.25) is 14.9 Å². The fourth-order valence-corrected chi connectivity index (χ4v) is 5.16. The summed E-state index contributed by atoms with van der Waals surface area (Å²) < 4.78 is 27.0. The summed E-state index contributed by atoms with van der Waals surface area (Å²) in [6.07, 6.45) is 6.07. The number of aromatic amines is 1. The van der Waals surface area contributed by atoms with Gasteiger partial charge < -0.3 is 10.1 Å². The molecule has 9 nitrogen and oxygen atoms in total. The maximum atomic E-state index is 13.0. The molecule has 0 fully saturated rings. The number of rotatable bonds is 11. The van der Waals surface area contributed by atoms with Gasteiger partial charge >= 0.3 is 0 Å². The van der Waals surface area contributed by atoms with Crippen LogP contribution in [0.4, 0.5) is 0 Å². The zero-order valence-electron chi connectivity index (χ0n) is 19.5. The fraction of sp³-hybridized carbons (Fsp3) is 0.192. The third kappa shape index (κ3) is 6.10. The van der Waals surface area contributed by atoms with Crippen LogP contribution in [0.25, 0.3) is 17.0 Å². The molecule has 0 aliphatic heterocycles. The summed E-state index contributed by atoms with van der Waals surface area (Å²) in [6, 6.07) is 18.5. The van der Waals surface area contributed by atoms with Gasteiger partial charge in [-0.05, 0) is 52.9 Å². The maximum Gasteiger partial charge on any atom is 0.267 e. The van der Waals surface area contributed by atoms with Gasteiger partial charge in [-0.1, -0.05) is 30.3 Å². The van der Waals surface area contributed by atoms with E-state index in [0.717, 1.165) is 39.8 Å². The number of aliphatic hydroxyl groups is 1. The summed E-state index contributed by atoms with van der Waals surface area (Å²) in [5.41, 5.74) is 5.13. The van der Waals surface area contributed by atoms with Crippen molar-refractivity contribution in [2.45, 2.75) is 17.9 Å². The molecule has 188 valence electrons. The Labute approximate surface area is 209 Å². The van der Waals surface area contributed by atoms with Crippen molar-refractivity contribution in [2.75, 3.05) is 19.7 Å². The predicted molar refractivity (Wildman–Crippen MR) is 137 cm³/mol. The van der Waals surface area contributed by atoms with Crippen molar-refractivity contribution >= 4 is 32.9 Å². The molecule has 4 N–H and O–H groups in total. The van der Waals surface area contributed by atoms with Crippen LogP contribution in [0.5, 0.6) is 0 Å². The second-order valence-electron chi connectivity index (χ2n) is 8.36. The quantitative estimate of drug-likeness (QED) is 0.140. The van der Waals surface area contributed by atoms with Crippen molar-refractivity contribution in [3.63, 3.8) is 0 Å². The molecule has 0 unspecified atom stereocenters. The number of nitrogens with zero attached hydrogens (tertiary/aromatic N) is 2. The van der Waals surface area contributed by atoms with Crippen molar-refractivity contribution in [3.8, 4) is 0 Å². The molecule has 0 aliphatic rings. The van der Waals surface area contributed by atoms with Crippen molar-refractivity contribution < 1.29 is 23.5 Å². The number of fused-ring (bicyclic) bond motifs is 1. The van der Waals surface area contributed by atoms with Gasteiger partial charge in [0.05, 0.1) is 11.5 Å². The molecule has 10 heteroatoms. The number of aromatic nitrogens is 2. The van der Waals surface area contributed by atoms with E-state index in [2.05, 4.69) is 22.0 Å². The third-order valence-electron chi connectivity index (χ3n) is 5.83. The number of para-hydroxylation sites is 1. The maximum absolute atomic E-state index is 13.0. The lowest BCUT2D eigenvalue weighted by Crippen LogP contribution is -2.28. The van der Waals surface area contributed by atoms with Crippen LogP contribution in [0, 0.1) is 0 Å². The largest absolute Gasteiger partial charge is 0.395 e. The SMILES string of the molecule is O=C(C=Cc1ccn(S(=O)(=O)c2ccc(CN(CCO)CCc3cc4ccccc4[nH]3)cc2)c1)NO. The second kappa shape index (κ2) is 11.4. The number of hydroxylamine groups is 1. The molecule has 36 heavy (non-hydrogen) atoms. The number of aliphatic hydroxyl groups excluding tert-OH is 1. The van der Waals surface area contributed by atoms with E-state index in [9.17, 15) is 18.3 Å². The molecule has 0 aliphatic carbocycles. The van der Waals surface area contributed by atoms with E-state index in [4.69, 9.17) is 5.21 Å². The van der Waals surface area contributed by atoms with Gasteiger partial charge in [-0.15, -0.1) is 0 Å². The Kier molecular flexibility index (Phi) is 8.01.